The molecule has 0 spiro atoms. The highest BCUT2D eigenvalue weighted by Gasteiger charge is 2.24. The normalized spacial score (nSPS) is 25.0. The molecule has 1 aliphatic rings. The second-order valence-electron chi connectivity index (χ2n) is 6.15. The molecule has 18 heavy (non-hydrogen) atoms. The predicted octanol–water partition coefficient (Wildman–Crippen LogP) is 3.67. The van der Waals surface area contributed by atoms with Gasteiger partial charge in [0.2, 0.25) is 0 Å². The van der Waals surface area contributed by atoms with Crippen LogP contribution in [0.25, 0.3) is 0 Å². The number of unbranched alkanes of at least 4 members (excludes halogenated alkanes) is 2. The molecule has 108 valence electrons. The SMILES string of the molecule is CCCCCC(C)NC(C)C1CCCN(CC)C1. The van der Waals surface area contributed by atoms with Crippen LogP contribution in [-0.2, 0) is 0 Å². The largest absolute Gasteiger partial charge is 0.311 e. The second-order valence-corrected chi connectivity index (χ2v) is 6.15. The molecule has 1 aliphatic heterocycles. The van der Waals surface area contributed by atoms with Crippen LogP contribution in [0, 0.1) is 5.92 Å². The lowest BCUT2D eigenvalue weighted by Gasteiger charge is -2.36. The maximum Gasteiger partial charge on any atom is 0.00816 e. The van der Waals surface area contributed by atoms with Gasteiger partial charge in [-0.2, -0.15) is 0 Å². The van der Waals surface area contributed by atoms with Gasteiger partial charge in [-0.25, -0.2) is 0 Å². The molecule has 3 unspecified atom stereocenters. The second kappa shape index (κ2) is 8.92. The Hall–Kier alpha value is -0.0800. The third kappa shape index (κ3) is 5.71. The standard InChI is InChI=1S/C16H34N2/c1-5-7-8-10-14(3)17-15(4)16-11-9-12-18(6-2)13-16/h14-17H,5-13H2,1-4H3. The highest BCUT2D eigenvalue weighted by atomic mass is 15.1. The lowest BCUT2D eigenvalue weighted by atomic mass is 9.91. The van der Waals surface area contributed by atoms with Crippen molar-refractivity contribution in [3.63, 3.8) is 0 Å². The number of hydrogen-bond donors (Lipinski definition) is 1. The van der Waals surface area contributed by atoms with Gasteiger partial charge in [-0.1, -0.05) is 33.1 Å². The molecule has 0 saturated carbocycles. The lowest BCUT2D eigenvalue weighted by molar-refractivity contribution is 0.152. The molecular weight excluding hydrogens is 220 g/mol. The van der Waals surface area contributed by atoms with E-state index in [1.807, 2.05) is 0 Å². The Labute approximate surface area is 115 Å². The molecule has 2 heteroatoms. The molecule has 0 radical (unpaired) electrons. The zero-order valence-electron chi connectivity index (χ0n) is 13.0. The van der Waals surface area contributed by atoms with Crippen molar-refractivity contribution >= 4 is 0 Å². The molecule has 0 aliphatic carbocycles. The summed E-state index contributed by atoms with van der Waals surface area (Å²) in [5, 5.41) is 3.83. The highest BCUT2D eigenvalue weighted by Crippen LogP contribution is 2.20. The van der Waals surface area contributed by atoms with Gasteiger partial charge >= 0.3 is 0 Å². The zero-order valence-corrected chi connectivity index (χ0v) is 13.0. The summed E-state index contributed by atoms with van der Waals surface area (Å²) in [5.74, 6) is 0.854. The summed E-state index contributed by atoms with van der Waals surface area (Å²) in [6.45, 7) is 13.1. The van der Waals surface area contributed by atoms with Crippen molar-refractivity contribution in [3.05, 3.63) is 0 Å². The molecule has 1 heterocycles. The molecule has 0 aromatic heterocycles. The van der Waals surface area contributed by atoms with Crippen LogP contribution in [0.2, 0.25) is 0 Å². The number of likely N-dealkylation sites (tertiary alicyclic amines) is 1. The molecule has 1 saturated heterocycles. The van der Waals surface area contributed by atoms with Crippen LogP contribution in [-0.4, -0.2) is 36.6 Å². The first-order chi connectivity index (χ1) is 8.67. The van der Waals surface area contributed by atoms with Gasteiger partial charge in [0.15, 0.2) is 0 Å². The summed E-state index contributed by atoms with van der Waals surface area (Å²) >= 11 is 0. The van der Waals surface area contributed by atoms with E-state index in [2.05, 4.69) is 37.9 Å². The van der Waals surface area contributed by atoms with Crippen molar-refractivity contribution in [2.24, 2.45) is 5.92 Å². The van der Waals surface area contributed by atoms with Crippen LogP contribution >= 0.6 is 0 Å². The highest BCUT2D eigenvalue weighted by molar-refractivity contribution is 4.81. The van der Waals surface area contributed by atoms with Crippen LogP contribution in [0.15, 0.2) is 0 Å². The van der Waals surface area contributed by atoms with Crippen molar-refractivity contribution < 1.29 is 0 Å². The van der Waals surface area contributed by atoms with Crippen molar-refractivity contribution in [3.8, 4) is 0 Å². The van der Waals surface area contributed by atoms with Crippen LogP contribution in [0.4, 0.5) is 0 Å². The summed E-state index contributed by atoms with van der Waals surface area (Å²) in [5.41, 5.74) is 0. The first-order valence-corrected chi connectivity index (χ1v) is 8.15. The van der Waals surface area contributed by atoms with Gasteiger partial charge in [0.25, 0.3) is 0 Å². The van der Waals surface area contributed by atoms with Crippen LogP contribution in [0.1, 0.15) is 66.2 Å². The van der Waals surface area contributed by atoms with E-state index in [0.29, 0.717) is 12.1 Å². The van der Waals surface area contributed by atoms with Crippen molar-refractivity contribution in [2.75, 3.05) is 19.6 Å². The molecule has 1 rings (SSSR count). The van der Waals surface area contributed by atoms with Gasteiger partial charge in [0.1, 0.15) is 0 Å². The molecule has 1 N–H and O–H groups in total. The molecular formula is C16H34N2. The minimum Gasteiger partial charge on any atom is -0.311 e. The van der Waals surface area contributed by atoms with E-state index in [0.717, 1.165) is 5.92 Å². The van der Waals surface area contributed by atoms with Crippen LogP contribution in [0.3, 0.4) is 0 Å². The topological polar surface area (TPSA) is 15.3 Å². The monoisotopic (exact) mass is 254 g/mol. The maximum atomic E-state index is 3.83. The van der Waals surface area contributed by atoms with Gasteiger partial charge in [0, 0.05) is 18.6 Å². The van der Waals surface area contributed by atoms with Gasteiger partial charge in [-0.3, -0.25) is 0 Å². The van der Waals surface area contributed by atoms with E-state index in [-0.39, 0.29) is 0 Å². The predicted molar refractivity (Wildman–Crippen MR) is 81.0 cm³/mol. The number of rotatable bonds is 8. The number of nitrogens with zero attached hydrogens (tertiary/aromatic N) is 1. The Morgan fingerprint density at radius 1 is 1.22 bits per heavy atom. The summed E-state index contributed by atoms with van der Waals surface area (Å²) in [6.07, 6.45) is 8.22. The van der Waals surface area contributed by atoms with Crippen LogP contribution < -0.4 is 5.32 Å². The number of nitrogens with one attached hydrogen (secondary N) is 1. The van der Waals surface area contributed by atoms with Crippen molar-refractivity contribution in [2.45, 2.75) is 78.3 Å². The molecule has 0 bridgehead atoms. The third-order valence-electron chi connectivity index (χ3n) is 4.48. The molecule has 0 aromatic carbocycles. The quantitative estimate of drug-likeness (QED) is 0.665. The van der Waals surface area contributed by atoms with Gasteiger partial charge < -0.3 is 10.2 Å². The Morgan fingerprint density at radius 2 is 2.00 bits per heavy atom. The molecule has 2 nitrogen and oxygen atoms in total. The van der Waals surface area contributed by atoms with E-state index in [9.17, 15) is 0 Å². The minimum atomic E-state index is 0.677. The van der Waals surface area contributed by atoms with Crippen molar-refractivity contribution in [1.29, 1.82) is 0 Å². The number of piperidine rings is 1. The Kier molecular flexibility index (Phi) is 7.92. The Bertz CT molecular complexity index is 205. The van der Waals surface area contributed by atoms with Crippen LogP contribution in [0.5, 0.6) is 0 Å². The molecule has 1 fully saturated rings. The minimum absolute atomic E-state index is 0.677. The summed E-state index contributed by atoms with van der Waals surface area (Å²) < 4.78 is 0. The van der Waals surface area contributed by atoms with E-state index < -0.39 is 0 Å². The van der Waals surface area contributed by atoms with E-state index >= 15 is 0 Å². The van der Waals surface area contributed by atoms with Gasteiger partial charge in [-0.15, -0.1) is 0 Å². The fourth-order valence-corrected chi connectivity index (χ4v) is 3.16. The summed E-state index contributed by atoms with van der Waals surface area (Å²) in [7, 11) is 0. The fraction of sp³-hybridized carbons (Fsp3) is 1.00. The fourth-order valence-electron chi connectivity index (χ4n) is 3.16. The lowest BCUT2D eigenvalue weighted by Crippen LogP contribution is -2.46. The smallest absolute Gasteiger partial charge is 0.00816 e. The molecule has 3 atom stereocenters. The third-order valence-corrected chi connectivity index (χ3v) is 4.48. The van der Waals surface area contributed by atoms with E-state index in [4.69, 9.17) is 0 Å². The maximum absolute atomic E-state index is 3.83. The van der Waals surface area contributed by atoms with E-state index in [1.54, 1.807) is 0 Å². The van der Waals surface area contributed by atoms with Gasteiger partial charge in [-0.05, 0) is 52.1 Å². The number of hydrogen-bond acceptors (Lipinski definition) is 2. The molecule has 0 aromatic rings. The van der Waals surface area contributed by atoms with Crippen molar-refractivity contribution in [1.82, 2.24) is 10.2 Å². The first kappa shape index (κ1) is 16.0. The summed E-state index contributed by atoms with van der Waals surface area (Å²) in [6, 6.07) is 1.36. The first-order valence-electron chi connectivity index (χ1n) is 8.15. The molecule has 0 amide bonds. The van der Waals surface area contributed by atoms with E-state index in [1.165, 1.54) is 58.2 Å². The average molecular weight is 254 g/mol. The Balaban J connectivity index is 2.23. The average Bonchev–Trinajstić information content (AvgIpc) is 2.39. The van der Waals surface area contributed by atoms with Gasteiger partial charge in [0.05, 0.1) is 0 Å². The zero-order chi connectivity index (χ0) is 13.4. The summed E-state index contributed by atoms with van der Waals surface area (Å²) in [4.78, 5) is 2.61. The Morgan fingerprint density at radius 3 is 2.67 bits per heavy atom.